The van der Waals surface area contributed by atoms with Crippen LogP contribution in [-0.2, 0) is 14.4 Å². The van der Waals surface area contributed by atoms with Crippen molar-refractivity contribution in [3.63, 3.8) is 0 Å². The fourth-order valence-electron chi connectivity index (χ4n) is 1.97. The first-order chi connectivity index (χ1) is 8.56. The highest BCUT2D eigenvalue weighted by atomic mass is 16.2. The van der Waals surface area contributed by atoms with E-state index in [2.05, 4.69) is 12.2 Å². The lowest BCUT2D eigenvalue weighted by atomic mass is 10.1. The molecule has 1 N–H and O–H groups in total. The number of rotatable bonds is 7. The van der Waals surface area contributed by atoms with Gasteiger partial charge in [-0.3, -0.25) is 19.3 Å². The summed E-state index contributed by atoms with van der Waals surface area (Å²) in [6.07, 6.45) is 3.25. The molecule has 0 aromatic heterocycles. The fourth-order valence-corrected chi connectivity index (χ4v) is 1.97. The molecule has 1 unspecified atom stereocenters. The molecule has 1 fully saturated rings. The van der Waals surface area contributed by atoms with Crippen molar-refractivity contribution >= 4 is 17.7 Å². The summed E-state index contributed by atoms with van der Waals surface area (Å²) in [6, 6.07) is 0. The largest absolute Gasteiger partial charge is 0.356 e. The predicted molar refractivity (Wildman–Crippen MR) is 67.7 cm³/mol. The third kappa shape index (κ3) is 4.13. The van der Waals surface area contributed by atoms with Crippen LogP contribution in [-0.4, -0.2) is 35.7 Å². The van der Waals surface area contributed by atoms with Gasteiger partial charge in [0.05, 0.1) is 0 Å². The van der Waals surface area contributed by atoms with Crippen LogP contribution in [0.4, 0.5) is 0 Å². The Morgan fingerprint density at radius 2 is 2.11 bits per heavy atom. The topological polar surface area (TPSA) is 66.5 Å². The van der Waals surface area contributed by atoms with Gasteiger partial charge < -0.3 is 5.32 Å². The fraction of sp³-hybridized carbons (Fsp3) is 0.769. The van der Waals surface area contributed by atoms with Crippen LogP contribution in [0.1, 0.15) is 46.0 Å². The minimum atomic E-state index is -0.198. The molecule has 0 spiro atoms. The van der Waals surface area contributed by atoms with Crippen molar-refractivity contribution in [3.8, 4) is 0 Å². The maximum atomic E-state index is 11.6. The lowest BCUT2D eigenvalue weighted by molar-refractivity contribution is -0.139. The Hall–Kier alpha value is -1.39. The third-order valence-corrected chi connectivity index (χ3v) is 3.11. The van der Waals surface area contributed by atoms with Gasteiger partial charge in [0.2, 0.25) is 17.7 Å². The van der Waals surface area contributed by atoms with Gasteiger partial charge in [0.25, 0.3) is 0 Å². The summed E-state index contributed by atoms with van der Waals surface area (Å²) in [5.41, 5.74) is 0. The molecule has 1 aliphatic heterocycles. The quantitative estimate of drug-likeness (QED) is 0.546. The van der Waals surface area contributed by atoms with E-state index in [1.807, 2.05) is 0 Å². The number of hydrogen-bond acceptors (Lipinski definition) is 3. The number of nitrogens with zero attached hydrogens (tertiary/aromatic N) is 1. The van der Waals surface area contributed by atoms with E-state index in [9.17, 15) is 14.4 Å². The van der Waals surface area contributed by atoms with E-state index in [1.54, 1.807) is 6.92 Å². The first-order valence-corrected chi connectivity index (χ1v) is 6.67. The average Bonchev–Trinajstić information content (AvgIpc) is 2.56. The Morgan fingerprint density at radius 1 is 1.39 bits per heavy atom. The summed E-state index contributed by atoms with van der Waals surface area (Å²) >= 11 is 0. The summed E-state index contributed by atoms with van der Waals surface area (Å²) in [4.78, 5) is 35.8. The molecular formula is C13H22N2O3. The Bertz CT molecular complexity index is 328. The highest BCUT2D eigenvalue weighted by molar-refractivity contribution is 6.03. The summed E-state index contributed by atoms with van der Waals surface area (Å²) in [5, 5.41) is 2.81. The Morgan fingerprint density at radius 3 is 2.67 bits per heavy atom. The van der Waals surface area contributed by atoms with Crippen LogP contribution in [0.5, 0.6) is 0 Å². The van der Waals surface area contributed by atoms with E-state index in [-0.39, 0.29) is 23.6 Å². The van der Waals surface area contributed by atoms with E-state index in [1.165, 1.54) is 4.90 Å². The van der Waals surface area contributed by atoms with Gasteiger partial charge in [0, 0.05) is 31.8 Å². The molecule has 1 saturated heterocycles. The average molecular weight is 254 g/mol. The molecule has 5 heteroatoms. The summed E-state index contributed by atoms with van der Waals surface area (Å²) < 4.78 is 0. The van der Waals surface area contributed by atoms with E-state index in [0.29, 0.717) is 32.4 Å². The Labute approximate surface area is 108 Å². The van der Waals surface area contributed by atoms with Crippen LogP contribution in [0.15, 0.2) is 0 Å². The number of nitrogens with one attached hydrogen (secondary N) is 1. The van der Waals surface area contributed by atoms with Crippen molar-refractivity contribution in [1.82, 2.24) is 10.2 Å². The molecule has 0 saturated carbocycles. The standard InChI is InChI=1S/C13H22N2O3/c1-3-4-7-14-11(16)6-5-8-15-12(17)9-10(2)13(15)18/h10H,3-9H2,1-2H3,(H,14,16). The molecule has 0 aromatic rings. The van der Waals surface area contributed by atoms with E-state index in [0.717, 1.165) is 12.8 Å². The van der Waals surface area contributed by atoms with Gasteiger partial charge in [-0.05, 0) is 12.8 Å². The predicted octanol–water partition coefficient (Wildman–Crippen LogP) is 1.08. The molecule has 102 valence electrons. The molecule has 3 amide bonds. The van der Waals surface area contributed by atoms with Gasteiger partial charge in [0.15, 0.2) is 0 Å². The van der Waals surface area contributed by atoms with Crippen molar-refractivity contribution in [2.24, 2.45) is 5.92 Å². The first-order valence-electron chi connectivity index (χ1n) is 6.67. The van der Waals surface area contributed by atoms with Gasteiger partial charge in [-0.15, -0.1) is 0 Å². The molecule has 1 rings (SSSR count). The van der Waals surface area contributed by atoms with Crippen molar-refractivity contribution in [2.45, 2.75) is 46.0 Å². The van der Waals surface area contributed by atoms with Gasteiger partial charge in [-0.2, -0.15) is 0 Å². The molecule has 1 aliphatic rings. The van der Waals surface area contributed by atoms with Gasteiger partial charge in [-0.25, -0.2) is 0 Å². The summed E-state index contributed by atoms with van der Waals surface area (Å²) in [7, 11) is 0. The zero-order chi connectivity index (χ0) is 13.5. The van der Waals surface area contributed by atoms with Gasteiger partial charge in [0.1, 0.15) is 0 Å². The van der Waals surface area contributed by atoms with Crippen molar-refractivity contribution in [3.05, 3.63) is 0 Å². The number of carbonyl (C=O) groups excluding carboxylic acids is 3. The van der Waals surface area contributed by atoms with Crippen molar-refractivity contribution in [1.29, 1.82) is 0 Å². The zero-order valence-corrected chi connectivity index (χ0v) is 11.2. The highest BCUT2D eigenvalue weighted by Crippen LogP contribution is 2.18. The first kappa shape index (κ1) is 14.7. The number of carbonyl (C=O) groups is 3. The molecule has 1 heterocycles. The molecule has 1 atom stereocenters. The Kier molecular flexibility index (Phi) is 5.82. The normalized spacial score (nSPS) is 19.4. The molecule has 0 aliphatic carbocycles. The van der Waals surface area contributed by atoms with Gasteiger partial charge >= 0.3 is 0 Å². The van der Waals surface area contributed by atoms with Crippen LogP contribution in [0.25, 0.3) is 0 Å². The molecule has 0 aromatic carbocycles. The highest BCUT2D eigenvalue weighted by Gasteiger charge is 2.34. The maximum Gasteiger partial charge on any atom is 0.232 e. The van der Waals surface area contributed by atoms with Crippen molar-refractivity contribution in [2.75, 3.05) is 13.1 Å². The number of amides is 3. The van der Waals surface area contributed by atoms with Crippen LogP contribution in [0.2, 0.25) is 0 Å². The number of hydrogen-bond donors (Lipinski definition) is 1. The molecule has 5 nitrogen and oxygen atoms in total. The second-order valence-corrected chi connectivity index (χ2v) is 4.80. The number of unbranched alkanes of at least 4 members (excludes halogenated alkanes) is 1. The molecule has 18 heavy (non-hydrogen) atoms. The molecule has 0 radical (unpaired) electrons. The SMILES string of the molecule is CCCCNC(=O)CCCN1C(=O)CC(C)C1=O. The van der Waals surface area contributed by atoms with E-state index in [4.69, 9.17) is 0 Å². The summed E-state index contributed by atoms with van der Waals surface area (Å²) in [6.45, 7) is 4.90. The zero-order valence-electron chi connectivity index (χ0n) is 11.2. The lowest BCUT2D eigenvalue weighted by Crippen LogP contribution is -2.32. The summed E-state index contributed by atoms with van der Waals surface area (Å²) in [5.74, 6) is -0.420. The van der Waals surface area contributed by atoms with E-state index >= 15 is 0 Å². The monoisotopic (exact) mass is 254 g/mol. The third-order valence-electron chi connectivity index (χ3n) is 3.11. The van der Waals surface area contributed by atoms with E-state index < -0.39 is 0 Å². The van der Waals surface area contributed by atoms with Gasteiger partial charge in [-0.1, -0.05) is 20.3 Å². The van der Waals surface area contributed by atoms with Crippen LogP contribution in [0.3, 0.4) is 0 Å². The molecular weight excluding hydrogens is 232 g/mol. The second kappa shape index (κ2) is 7.13. The van der Waals surface area contributed by atoms with Crippen LogP contribution in [0, 0.1) is 5.92 Å². The minimum absolute atomic E-state index is 0.00408. The second-order valence-electron chi connectivity index (χ2n) is 4.80. The lowest BCUT2D eigenvalue weighted by Gasteiger charge is -2.13. The smallest absolute Gasteiger partial charge is 0.232 e. The van der Waals surface area contributed by atoms with Crippen molar-refractivity contribution < 1.29 is 14.4 Å². The number of imide groups is 1. The van der Waals surface area contributed by atoms with Crippen LogP contribution < -0.4 is 5.32 Å². The Balaban J connectivity index is 2.19. The minimum Gasteiger partial charge on any atom is -0.356 e. The van der Waals surface area contributed by atoms with Crippen LogP contribution >= 0.6 is 0 Å². The maximum absolute atomic E-state index is 11.6. The molecule has 0 bridgehead atoms. The number of likely N-dealkylation sites (tertiary alicyclic amines) is 1.